The van der Waals surface area contributed by atoms with Gasteiger partial charge in [0.1, 0.15) is 28.9 Å². The van der Waals surface area contributed by atoms with Crippen molar-refractivity contribution in [1.82, 2.24) is 19.4 Å². The van der Waals surface area contributed by atoms with Gasteiger partial charge in [-0.05, 0) is 54.1 Å². The van der Waals surface area contributed by atoms with E-state index < -0.39 is 11.7 Å². The van der Waals surface area contributed by atoms with Crippen molar-refractivity contribution >= 4 is 16.9 Å². The molecule has 0 aliphatic rings. The molecule has 1 amide bonds. The van der Waals surface area contributed by atoms with Crippen molar-refractivity contribution in [3.63, 3.8) is 0 Å². The summed E-state index contributed by atoms with van der Waals surface area (Å²) in [6.45, 7) is 1.18. The first-order valence-corrected chi connectivity index (χ1v) is 12.0. The average molecular weight is 512 g/mol. The number of fused-ring (bicyclic) bond motifs is 1. The minimum Gasteiger partial charge on any atom is -0.504 e. The molecule has 3 aromatic carbocycles. The van der Waals surface area contributed by atoms with E-state index in [0.29, 0.717) is 40.9 Å². The van der Waals surface area contributed by atoms with E-state index in [2.05, 4.69) is 9.97 Å². The molecule has 8 nitrogen and oxygen atoms in total. The first-order valence-electron chi connectivity index (χ1n) is 12.0. The molecule has 0 aliphatic carbocycles. The van der Waals surface area contributed by atoms with E-state index in [1.54, 1.807) is 41.0 Å². The summed E-state index contributed by atoms with van der Waals surface area (Å²) < 4.78 is 17.1. The summed E-state index contributed by atoms with van der Waals surface area (Å²) in [6, 6.07) is 19.2. The number of aromatic hydroxyl groups is 1. The van der Waals surface area contributed by atoms with E-state index >= 15 is 4.39 Å². The number of rotatable bonds is 8. The molecular formula is C29H26FN5O3. The lowest BCUT2D eigenvalue weighted by molar-refractivity contribution is 0.1000. The zero-order valence-electron chi connectivity index (χ0n) is 20.7. The number of primary amides is 1. The largest absolute Gasteiger partial charge is 0.504 e. The van der Waals surface area contributed by atoms with Gasteiger partial charge in [0.15, 0.2) is 5.75 Å². The lowest BCUT2D eigenvalue weighted by Gasteiger charge is -2.18. The highest BCUT2D eigenvalue weighted by molar-refractivity contribution is 5.94. The maximum absolute atomic E-state index is 15.5. The molecule has 0 atom stereocenters. The van der Waals surface area contributed by atoms with Crippen LogP contribution in [0, 0.1) is 5.82 Å². The number of benzene rings is 3. The Bertz CT molecular complexity index is 1650. The smallest absolute Gasteiger partial charge is 0.248 e. The molecule has 9 heteroatoms. The fraction of sp³-hybridized carbons (Fsp3) is 0.138. The molecule has 0 unspecified atom stereocenters. The summed E-state index contributed by atoms with van der Waals surface area (Å²) in [6.07, 6.45) is 2.97. The Morgan fingerprint density at radius 1 is 1.05 bits per heavy atom. The number of halogens is 1. The van der Waals surface area contributed by atoms with Gasteiger partial charge in [-0.1, -0.05) is 36.4 Å². The molecule has 38 heavy (non-hydrogen) atoms. The van der Waals surface area contributed by atoms with Crippen LogP contribution in [-0.2, 0) is 6.54 Å². The van der Waals surface area contributed by atoms with E-state index in [-0.39, 0.29) is 23.6 Å². The summed E-state index contributed by atoms with van der Waals surface area (Å²) >= 11 is 0. The minimum atomic E-state index is -0.577. The SMILES string of the molecule is CN(CCO)Cc1ccccc1-c1ccc(-c2ncc3ncn(-c4cccc(C(N)=O)c4)c3c2O)c(F)c1. The van der Waals surface area contributed by atoms with E-state index in [0.717, 1.165) is 11.1 Å². The van der Waals surface area contributed by atoms with Crippen LogP contribution in [-0.4, -0.2) is 55.8 Å². The van der Waals surface area contributed by atoms with Gasteiger partial charge in [0.05, 0.1) is 12.8 Å². The van der Waals surface area contributed by atoms with Crippen molar-refractivity contribution in [2.45, 2.75) is 6.54 Å². The molecule has 192 valence electrons. The van der Waals surface area contributed by atoms with Crippen molar-refractivity contribution in [1.29, 1.82) is 0 Å². The predicted octanol–water partition coefficient (Wildman–Crippen LogP) is 4.12. The highest BCUT2D eigenvalue weighted by atomic mass is 19.1. The van der Waals surface area contributed by atoms with Crippen molar-refractivity contribution in [3.05, 3.63) is 96.2 Å². The molecule has 2 aromatic heterocycles. The Morgan fingerprint density at radius 2 is 1.87 bits per heavy atom. The van der Waals surface area contributed by atoms with E-state index in [9.17, 15) is 15.0 Å². The van der Waals surface area contributed by atoms with Gasteiger partial charge in [0.2, 0.25) is 5.91 Å². The van der Waals surface area contributed by atoms with Gasteiger partial charge in [-0.25, -0.2) is 14.4 Å². The number of carbonyl (C=O) groups is 1. The standard InChI is InChI=1S/C29H26FN5O3/c1-34(11-12-36)16-20-5-2-3-8-22(20)18-9-10-23(24(30)14-18)26-28(37)27-25(15-32-26)33-17-35(27)21-7-4-6-19(13-21)29(31)38/h2-10,13-15,17,36-37H,11-12,16H2,1H3,(H2,31,38). The zero-order chi connectivity index (χ0) is 26.8. The highest BCUT2D eigenvalue weighted by Crippen LogP contribution is 2.37. The molecule has 0 saturated carbocycles. The fourth-order valence-electron chi connectivity index (χ4n) is 4.55. The molecule has 0 aliphatic heterocycles. The van der Waals surface area contributed by atoms with E-state index in [1.807, 2.05) is 36.2 Å². The van der Waals surface area contributed by atoms with E-state index in [4.69, 9.17) is 5.73 Å². The number of pyridine rings is 1. The van der Waals surface area contributed by atoms with Crippen LogP contribution in [0.1, 0.15) is 15.9 Å². The number of aromatic nitrogens is 3. The van der Waals surface area contributed by atoms with Gasteiger partial charge in [-0.2, -0.15) is 0 Å². The maximum atomic E-state index is 15.5. The van der Waals surface area contributed by atoms with Gasteiger partial charge in [-0.3, -0.25) is 14.3 Å². The van der Waals surface area contributed by atoms with E-state index in [1.165, 1.54) is 18.6 Å². The number of aliphatic hydroxyl groups is 1. The number of hydrogen-bond donors (Lipinski definition) is 3. The first-order chi connectivity index (χ1) is 18.4. The molecule has 5 rings (SSSR count). The Morgan fingerprint density at radius 3 is 2.63 bits per heavy atom. The number of amides is 1. The van der Waals surface area contributed by atoms with Crippen LogP contribution >= 0.6 is 0 Å². The van der Waals surface area contributed by atoms with Crippen molar-refractivity contribution in [2.75, 3.05) is 20.2 Å². The normalized spacial score (nSPS) is 11.4. The maximum Gasteiger partial charge on any atom is 0.248 e. The van der Waals surface area contributed by atoms with Crippen LogP contribution in [0.4, 0.5) is 4.39 Å². The second kappa shape index (κ2) is 10.4. The number of nitrogens with two attached hydrogens (primary N) is 1. The predicted molar refractivity (Wildman–Crippen MR) is 143 cm³/mol. The summed E-state index contributed by atoms with van der Waals surface area (Å²) in [4.78, 5) is 22.2. The van der Waals surface area contributed by atoms with Crippen LogP contribution in [0.3, 0.4) is 0 Å². The number of imidazole rings is 1. The first kappa shape index (κ1) is 25.1. The molecular weight excluding hydrogens is 485 g/mol. The van der Waals surface area contributed by atoms with Crippen LogP contribution in [0.5, 0.6) is 5.75 Å². The van der Waals surface area contributed by atoms with Crippen molar-refractivity contribution in [2.24, 2.45) is 5.73 Å². The molecule has 0 bridgehead atoms. The Kier molecular flexibility index (Phi) is 6.87. The third-order valence-electron chi connectivity index (χ3n) is 6.44. The monoisotopic (exact) mass is 511 g/mol. The summed E-state index contributed by atoms with van der Waals surface area (Å²) in [5.74, 6) is -1.35. The summed E-state index contributed by atoms with van der Waals surface area (Å²) in [5, 5.41) is 20.4. The van der Waals surface area contributed by atoms with Crippen LogP contribution in [0.15, 0.2) is 79.3 Å². The lowest BCUT2D eigenvalue weighted by Crippen LogP contribution is -2.21. The molecule has 2 heterocycles. The van der Waals surface area contributed by atoms with Crippen LogP contribution in [0.25, 0.3) is 39.1 Å². The van der Waals surface area contributed by atoms with Crippen LogP contribution < -0.4 is 5.73 Å². The van der Waals surface area contributed by atoms with Gasteiger partial charge < -0.3 is 15.9 Å². The van der Waals surface area contributed by atoms with Crippen molar-refractivity contribution < 1.29 is 19.4 Å². The number of aliphatic hydroxyl groups excluding tert-OH is 1. The summed E-state index contributed by atoms with van der Waals surface area (Å²) in [5.41, 5.74) is 9.81. The molecule has 0 fully saturated rings. The molecule has 0 spiro atoms. The molecule has 5 aromatic rings. The summed E-state index contributed by atoms with van der Waals surface area (Å²) in [7, 11) is 1.91. The highest BCUT2D eigenvalue weighted by Gasteiger charge is 2.19. The molecule has 4 N–H and O–H groups in total. The minimum absolute atomic E-state index is 0.0539. The fourth-order valence-corrected chi connectivity index (χ4v) is 4.55. The van der Waals surface area contributed by atoms with Crippen molar-refractivity contribution in [3.8, 4) is 33.8 Å². The lowest BCUT2D eigenvalue weighted by atomic mass is 9.97. The topological polar surface area (TPSA) is 118 Å². The quantitative estimate of drug-likeness (QED) is 0.289. The zero-order valence-corrected chi connectivity index (χ0v) is 20.7. The van der Waals surface area contributed by atoms with Gasteiger partial charge in [0.25, 0.3) is 0 Å². The average Bonchev–Trinajstić information content (AvgIpc) is 3.35. The second-order valence-corrected chi connectivity index (χ2v) is 9.03. The van der Waals surface area contributed by atoms with Crippen LogP contribution in [0.2, 0.25) is 0 Å². The number of likely N-dealkylation sites (N-methyl/N-ethyl adjacent to an activating group) is 1. The van der Waals surface area contributed by atoms with Gasteiger partial charge in [-0.15, -0.1) is 0 Å². The number of hydrogen-bond acceptors (Lipinski definition) is 6. The Balaban J connectivity index is 1.55. The molecule has 0 radical (unpaired) electrons. The Labute approximate surface area is 218 Å². The number of carbonyl (C=O) groups excluding carboxylic acids is 1. The second-order valence-electron chi connectivity index (χ2n) is 9.03. The number of nitrogens with zero attached hydrogens (tertiary/aromatic N) is 4. The third kappa shape index (κ3) is 4.72. The van der Waals surface area contributed by atoms with Gasteiger partial charge >= 0.3 is 0 Å². The Hall–Kier alpha value is -4.60. The molecule has 0 saturated heterocycles. The van der Waals surface area contributed by atoms with Gasteiger partial charge in [0, 0.05) is 29.9 Å². The third-order valence-corrected chi connectivity index (χ3v) is 6.44.